The topological polar surface area (TPSA) is 179 Å². The summed E-state index contributed by atoms with van der Waals surface area (Å²) in [5.41, 5.74) is -4.13. The number of ether oxygens (including phenoxy) is 5. The van der Waals surface area contributed by atoms with E-state index in [1.54, 1.807) is 104 Å². The molecular formula is C36H65N3O12. The van der Waals surface area contributed by atoms with Crippen LogP contribution in [0.4, 0.5) is 0 Å². The monoisotopic (exact) mass is 731 g/mol. The maximum Gasteiger partial charge on any atom is 0.324 e. The lowest BCUT2D eigenvalue weighted by molar-refractivity contribution is -0.166. The first-order valence-electron chi connectivity index (χ1n) is 17.2. The van der Waals surface area contributed by atoms with Crippen LogP contribution in [0.25, 0.3) is 0 Å². The van der Waals surface area contributed by atoms with Gasteiger partial charge in [0.25, 0.3) is 0 Å². The van der Waals surface area contributed by atoms with Gasteiger partial charge >= 0.3 is 35.8 Å². The van der Waals surface area contributed by atoms with Gasteiger partial charge < -0.3 is 28.8 Å². The average Bonchev–Trinajstić information content (AvgIpc) is 2.81. The van der Waals surface area contributed by atoms with E-state index in [4.69, 9.17) is 23.7 Å². The fraction of sp³-hybridized carbons (Fsp3) is 0.833. The number of carbonyl (C=O) groups excluding carboxylic acids is 5. The van der Waals surface area contributed by atoms with Gasteiger partial charge in [0.1, 0.15) is 34.0 Å². The van der Waals surface area contributed by atoms with Crippen molar-refractivity contribution in [1.82, 2.24) is 14.7 Å². The van der Waals surface area contributed by atoms with Gasteiger partial charge in [-0.2, -0.15) is 0 Å². The third kappa shape index (κ3) is 26.2. The highest BCUT2D eigenvalue weighted by Gasteiger charge is 2.34. The Balaban J connectivity index is 6.67. The molecule has 0 aliphatic heterocycles. The van der Waals surface area contributed by atoms with Crippen molar-refractivity contribution in [2.24, 2.45) is 0 Å². The van der Waals surface area contributed by atoms with Crippen molar-refractivity contribution in [3.63, 3.8) is 0 Å². The molecule has 15 heteroatoms. The summed E-state index contributed by atoms with van der Waals surface area (Å²) < 4.78 is 27.5. The zero-order valence-corrected chi connectivity index (χ0v) is 33.7. The maximum atomic E-state index is 13.5. The number of esters is 5. The van der Waals surface area contributed by atoms with E-state index in [1.165, 1.54) is 14.7 Å². The van der Waals surface area contributed by atoms with E-state index in [-0.39, 0.29) is 52.4 Å². The summed E-state index contributed by atoms with van der Waals surface area (Å²) in [6.45, 7) is 24.2. The molecule has 0 heterocycles. The highest BCUT2D eigenvalue weighted by atomic mass is 16.6. The minimum atomic E-state index is -1.31. The highest BCUT2D eigenvalue weighted by molar-refractivity contribution is 5.82. The molecule has 0 amide bonds. The lowest BCUT2D eigenvalue weighted by atomic mass is 10.1. The molecule has 0 aliphatic carbocycles. The average molecular weight is 732 g/mol. The van der Waals surface area contributed by atoms with Crippen LogP contribution in [0.15, 0.2) is 0 Å². The molecule has 296 valence electrons. The van der Waals surface area contributed by atoms with Gasteiger partial charge in [0.05, 0.1) is 32.6 Å². The summed E-state index contributed by atoms with van der Waals surface area (Å²) in [4.78, 5) is 81.6. The molecule has 0 spiro atoms. The van der Waals surface area contributed by atoms with Gasteiger partial charge in [-0.15, -0.1) is 0 Å². The predicted octanol–water partition coefficient (Wildman–Crippen LogP) is 3.44. The molecule has 1 N–H and O–H groups in total. The van der Waals surface area contributed by atoms with Crippen LogP contribution < -0.4 is 0 Å². The van der Waals surface area contributed by atoms with Gasteiger partial charge in [-0.1, -0.05) is 0 Å². The zero-order chi connectivity index (χ0) is 40.2. The predicted molar refractivity (Wildman–Crippen MR) is 190 cm³/mol. The summed E-state index contributed by atoms with van der Waals surface area (Å²) in [5.74, 6) is -4.49. The normalized spacial score (nSPS) is 13.5. The van der Waals surface area contributed by atoms with Gasteiger partial charge in [0.15, 0.2) is 0 Å². The van der Waals surface area contributed by atoms with Crippen molar-refractivity contribution in [3.8, 4) is 0 Å². The second kappa shape index (κ2) is 19.5. The van der Waals surface area contributed by atoms with Crippen LogP contribution in [0.2, 0.25) is 0 Å². The first-order chi connectivity index (χ1) is 22.7. The minimum Gasteiger partial charge on any atom is -0.481 e. The van der Waals surface area contributed by atoms with Gasteiger partial charge in [-0.3, -0.25) is 43.5 Å². The van der Waals surface area contributed by atoms with Crippen LogP contribution in [-0.2, 0) is 52.5 Å². The molecule has 0 saturated carbocycles. The van der Waals surface area contributed by atoms with E-state index < -0.39 is 76.3 Å². The van der Waals surface area contributed by atoms with E-state index in [0.29, 0.717) is 0 Å². The summed E-state index contributed by atoms with van der Waals surface area (Å²) in [5, 5.41) is 9.84. The minimum absolute atomic E-state index is 0.00443. The van der Waals surface area contributed by atoms with E-state index in [0.717, 1.165) is 0 Å². The van der Waals surface area contributed by atoms with Crippen LogP contribution in [-0.4, -0.2) is 142 Å². The van der Waals surface area contributed by atoms with Crippen LogP contribution in [0.1, 0.15) is 110 Å². The fourth-order valence-corrected chi connectivity index (χ4v) is 4.51. The molecule has 0 saturated heterocycles. The Kier molecular flexibility index (Phi) is 18.2. The maximum absolute atomic E-state index is 13.5. The first kappa shape index (κ1) is 47.7. The number of hydrogen-bond donors (Lipinski definition) is 1. The van der Waals surface area contributed by atoms with Crippen molar-refractivity contribution >= 4 is 35.8 Å². The molecule has 0 aromatic rings. The Bertz CT molecular complexity index is 1060. The lowest BCUT2D eigenvalue weighted by Crippen LogP contribution is -2.52. The molecule has 1 atom stereocenters. The summed E-state index contributed by atoms with van der Waals surface area (Å²) >= 11 is 0. The van der Waals surface area contributed by atoms with Crippen LogP contribution in [0, 0.1) is 0 Å². The molecule has 0 bridgehead atoms. The molecule has 0 unspecified atom stereocenters. The number of carbonyl (C=O) groups is 6. The molecule has 0 aromatic heterocycles. The summed E-state index contributed by atoms with van der Waals surface area (Å²) in [6.07, 6.45) is -0.634. The number of carboxylic acid groups (broad SMARTS) is 1. The van der Waals surface area contributed by atoms with Gasteiger partial charge in [-0.25, -0.2) is 0 Å². The Labute approximate surface area is 304 Å². The third-order valence-corrected chi connectivity index (χ3v) is 5.99. The van der Waals surface area contributed by atoms with Gasteiger partial charge in [-0.05, 0) is 104 Å². The molecule has 15 nitrogen and oxygen atoms in total. The van der Waals surface area contributed by atoms with Crippen molar-refractivity contribution in [2.45, 2.75) is 144 Å². The van der Waals surface area contributed by atoms with Crippen molar-refractivity contribution in [3.05, 3.63) is 0 Å². The third-order valence-electron chi connectivity index (χ3n) is 5.99. The molecule has 0 rings (SSSR count). The Morgan fingerprint density at radius 1 is 0.451 bits per heavy atom. The van der Waals surface area contributed by atoms with Crippen LogP contribution >= 0.6 is 0 Å². The summed E-state index contributed by atoms with van der Waals surface area (Å²) in [6, 6.07) is -1.31. The number of nitrogens with zero attached hydrogens (tertiary/aromatic N) is 3. The highest BCUT2D eigenvalue weighted by Crippen LogP contribution is 2.17. The van der Waals surface area contributed by atoms with Gasteiger partial charge in [0, 0.05) is 26.2 Å². The van der Waals surface area contributed by atoms with Crippen LogP contribution in [0.3, 0.4) is 0 Å². The quantitative estimate of drug-likeness (QED) is 0.160. The van der Waals surface area contributed by atoms with Crippen molar-refractivity contribution < 1.29 is 57.6 Å². The smallest absolute Gasteiger partial charge is 0.324 e. The molecule has 0 aliphatic rings. The second-order valence-electron chi connectivity index (χ2n) is 17.5. The van der Waals surface area contributed by atoms with E-state index >= 15 is 0 Å². The number of rotatable bonds is 18. The second-order valence-corrected chi connectivity index (χ2v) is 17.5. The molecule has 0 aromatic carbocycles. The van der Waals surface area contributed by atoms with Crippen LogP contribution in [0.5, 0.6) is 0 Å². The largest absolute Gasteiger partial charge is 0.481 e. The lowest BCUT2D eigenvalue weighted by Gasteiger charge is -2.35. The SMILES string of the molecule is CC(C)(C)OC(=O)CN(CCN(CCN(CC(=O)OC(C)(C)C)CC(=O)OC(C)(C)C)[C@@H](CC(=O)O)C(=O)OC(C)(C)C)CC(=O)OC(C)(C)C. The molecular weight excluding hydrogens is 666 g/mol. The Hall–Kier alpha value is -3.30. The van der Waals surface area contributed by atoms with Crippen molar-refractivity contribution in [1.29, 1.82) is 0 Å². The number of hydrogen-bond acceptors (Lipinski definition) is 14. The Morgan fingerprint density at radius 3 is 0.922 bits per heavy atom. The van der Waals surface area contributed by atoms with Crippen molar-refractivity contribution in [2.75, 3.05) is 52.4 Å². The summed E-state index contributed by atoms with van der Waals surface area (Å²) in [7, 11) is 0. The fourth-order valence-electron chi connectivity index (χ4n) is 4.51. The van der Waals surface area contributed by atoms with E-state index in [1.807, 2.05) is 0 Å². The van der Waals surface area contributed by atoms with E-state index in [9.17, 15) is 33.9 Å². The standard InChI is InChI=1S/C36H65N3O12/c1-32(2,3)47-27(42)21-37(22-28(43)48-33(4,5)6)16-18-39(25(20-26(40)41)31(46)51-36(13,14)15)19-17-38(23-29(44)49-34(7,8)9)24-30(45)50-35(10,11)12/h25H,16-24H2,1-15H3,(H,40,41)/t25-/m0/s1. The zero-order valence-electron chi connectivity index (χ0n) is 33.7. The molecule has 0 fully saturated rings. The number of carboxylic acids is 1. The Morgan fingerprint density at radius 2 is 0.706 bits per heavy atom. The van der Waals surface area contributed by atoms with Gasteiger partial charge in [0.2, 0.25) is 0 Å². The molecule has 51 heavy (non-hydrogen) atoms. The first-order valence-corrected chi connectivity index (χ1v) is 17.2. The molecule has 0 radical (unpaired) electrons. The number of aliphatic carboxylic acids is 1. The van der Waals surface area contributed by atoms with E-state index in [2.05, 4.69) is 0 Å².